The van der Waals surface area contributed by atoms with Gasteiger partial charge in [0.2, 0.25) is 0 Å². The summed E-state index contributed by atoms with van der Waals surface area (Å²) in [5.41, 5.74) is 2.47. The number of carbonyl (C=O) groups excluding carboxylic acids is 1. The van der Waals surface area contributed by atoms with Crippen LogP contribution in [0.1, 0.15) is 41.5 Å². The molecule has 2 heterocycles. The third-order valence-electron chi connectivity index (χ3n) is 4.51. The maximum Gasteiger partial charge on any atom is 0.272 e. The average molecular weight is 346 g/mol. The van der Waals surface area contributed by atoms with Crippen LogP contribution in [0, 0.1) is 5.82 Å². The predicted molar refractivity (Wildman–Crippen MR) is 93.0 cm³/mol. The molecule has 0 atom stereocenters. The quantitative estimate of drug-likeness (QED) is 0.773. The predicted octanol–water partition coefficient (Wildman–Crippen LogP) is 2.00. The molecule has 6 nitrogen and oxygen atoms in total. The SMILES string of the molecule is CCc1cc(C(=O)NCc2ccc(N3CCC(O)CC3)c(F)c2)n[nH]1. The zero-order chi connectivity index (χ0) is 17.8. The average Bonchev–Trinajstić information content (AvgIpc) is 3.10. The molecule has 134 valence electrons. The van der Waals surface area contributed by atoms with Crippen LogP contribution in [0.2, 0.25) is 0 Å². The minimum Gasteiger partial charge on any atom is -0.393 e. The summed E-state index contributed by atoms with van der Waals surface area (Å²) in [6.45, 7) is 3.51. The zero-order valence-electron chi connectivity index (χ0n) is 14.3. The number of aliphatic hydroxyl groups excluding tert-OH is 1. The van der Waals surface area contributed by atoms with Crippen LogP contribution in [-0.2, 0) is 13.0 Å². The van der Waals surface area contributed by atoms with Crippen molar-refractivity contribution < 1.29 is 14.3 Å². The summed E-state index contributed by atoms with van der Waals surface area (Å²) in [7, 11) is 0. The van der Waals surface area contributed by atoms with Gasteiger partial charge in [-0.2, -0.15) is 5.10 Å². The van der Waals surface area contributed by atoms with Gasteiger partial charge in [-0.3, -0.25) is 9.89 Å². The Hall–Kier alpha value is -2.41. The second-order valence-electron chi connectivity index (χ2n) is 6.32. The van der Waals surface area contributed by atoms with Crippen LogP contribution < -0.4 is 10.2 Å². The van der Waals surface area contributed by atoms with E-state index in [9.17, 15) is 14.3 Å². The number of aliphatic hydroxyl groups is 1. The molecule has 1 aromatic carbocycles. The minimum absolute atomic E-state index is 0.239. The Morgan fingerprint density at radius 1 is 1.40 bits per heavy atom. The van der Waals surface area contributed by atoms with Crippen molar-refractivity contribution in [2.45, 2.75) is 38.8 Å². The summed E-state index contributed by atoms with van der Waals surface area (Å²) in [5, 5.41) is 19.1. The lowest BCUT2D eigenvalue weighted by Gasteiger charge is -2.31. The molecule has 25 heavy (non-hydrogen) atoms. The van der Waals surface area contributed by atoms with E-state index in [1.165, 1.54) is 6.07 Å². The summed E-state index contributed by atoms with van der Waals surface area (Å²) in [6.07, 6.45) is 1.80. The summed E-state index contributed by atoms with van der Waals surface area (Å²) in [4.78, 5) is 14.0. The molecule has 2 aromatic rings. The van der Waals surface area contributed by atoms with E-state index in [-0.39, 0.29) is 24.4 Å². The maximum atomic E-state index is 14.4. The van der Waals surface area contributed by atoms with E-state index in [4.69, 9.17) is 0 Å². The molecule has 3 rings (SSSR count). The summed E-state index contributed by atoms with van der Waals surface area (Å²) in [6, 6.07) is 6.70. The molecule has 0 saturated carbocycles. The van der Waals surface area contributed by atoms with E-state index in [0.29, 0.717) is 42.9 Å². The number of anilines is 1. The topological polar surface area (TPSA) is 81.2 Å². The Morgan fingerprint density at radius 3 is 2.80 bits per heavy atom. The lowest BCUT2D eigenvalue weighted by molar-refractivity contribution is 0.0946. The van der Waals surface area contributed by atoms with Crippen LogP contribution >= 0.6 is 0 Å². The number of H-pyrrole nitrogens is 1. The van der Waals surface area contributed by atoms with Gasteiger partial charge >= 0.3 is 0 Å². The zero-order valence-corrected chi connectivity index (χ0v) is 14.3. The van der Waals surface area contributed by atoms with E-state index in [2.05, 4.69) is 15.5 Å². The van der Waals surface area contributed by atoms with Gasteiger partial charge in [-0.25, -0.2) is 4.39 Å². The highest BCUT2D eigenvalue weighted by atomic mass is 19.1. The van der Waals surface area contributed by atoms with Gasteiger partial charge in [0, 0.05) is 25.3 Å². The number of aromatic nitrogens is 2. The summed E-state index contributed by atoms with van der Waals surface area (Å²) >= 11 is 0. The van der Waals surface area contributed by atoms with E-state index >= 15 is 0 Å². The fourth-order valence-electron chi connectivity index (χ4n) is 2.96. The Bertz CT molecular complexity index is 738. The number of hydrogen-bond donors (Lipinski definition) is 3. The number of rotatable bonds is 5. The third-order valence-corrected chi connectivity index (χ3v) is 4.51. The number of aryl methyl sites for hydroxylation is 1. The first-order chi connectivity index (χ1) is 12.1. The van der Waals surface area contributed by atoms with E-state index in [1.54, 1.807) is 12.1 Å². The monoisotopic (exact) mass is 346 g/mol. The number of amides is 1. The number of carbonyl (C=O) groups is 1. The van der Waals surface area contributed by atoms with Crippen molar-refractivity contribution in [3.63, 3.8) is 0 Å². The van der Waals surface area contributed by atoms with E-state index in [1.807, 2.05) is 17.9 Å². The van der Waals surface area contributed by atoms with Crippen LogP contribution in [0.5, 0.6) is 0 Å². The maximum absolute atomic E-state index is 14.4. The van der Waals surface area contributed by atoms with Crippen molar-refractivity contribution in [2.75, 3.05) is 18.0 Å². The van der Waals surface area contributed by atoms with Crippen LogP contribution in [-0.4, -0.2) is 40.4 Å². The first-order valence-electron chi connectivity index (χ1n) is 8.60. The van der Waals surface area contributed by atoms with Gasteiger partial charge in [-0.1, -0.05) is 13.0 Å². The van der Waals surface area contributed by atoms with E-state index in [0.717, 1.165) is 12.1 Å². The highest BCUT2D eigenvalue weighted by molar-refractivity contribution is 5.92. The van der Waals surface area contributed by atoms with Crippen LogP contribution in [0.25, 0.3) is 0 Å². The smallest absolute Gasteiger partial charge is 0.272 e. The number of piperidine rings is 1. The molecule has 3 N–H and O–H groups in total. The number of hydrogen-bond acceptors (Lipinski definition) is 4. The molecule has 1 amide bonds. The molecule has 1 aliphatic heterocycles. The Labute approximate surface area is 146 Å². The molecule has 1 fully saturated rings. The molecule has 0 aliphatic carbocycles. The Morgan fingerprint density at radius 2 is 2.16 bits per heavy atom. The Kier molecular flexibility index (Phi) is 5.33. The highest BCUT2D eigenvalue weighted by Crippen LogP contribution is 2.24. The van der Waals surface area contributed by atoms with Crippen molar-refractivity contribution in [2.24, 2.45) is 0 Å². The molecular weight excluding hydrogens is 323 g/mol. The molecule has 0 radical (unpaired) electrons. The molecule has 0 unspecified atom stereocenters. The molecule has 0 bridgehead atoms. The summed E-state index contributed by atoms with van der Waals surface area (Å²) < 4.78 is 14.4. The number of nitrogens with one attached hydrogen (secondary N) is 2. The standard InChI is InChI=1S/C18H23FN4O2/c1-2-13-10-16(22-21-13)18(25)20-11-12-3-4-17(15(19)9-12)23-7-5-14(24)6-8-23/h3-4,9-10,14,24H,2,5-8,11H2,1H3,(H,20,25)(H,21,22). The fourth-order valence-corrected chi connectivity index (χ4v) is 2.96. The van der Waals surface area contributed by atoms with Crippen LogP contribution in [0.4, 0.5) is 10.1 Å². The number of nitrogens with zero attached hydrogens (tertiary/aromatic N) is 2. The van der Waals surface area contributed by atoms with Gasteiger partial charge < -0.3 is 15.3 Å². The number of halogens is 1. The largest absolute Gasteiger partial charge is 0.393 e. The number of benzene rings is 1. The van der Waals surface area contributed by atoms with E-state index < -0.39 is 0 Å². The van der Waals surface area contributed by atoms with Gasteiger partial charge in [-0.15, -0.1) is 0 Å². The molecule has 7 heteroatoms. The molecule has 0 spiro atoms. The van der Waals surface area contributed by atoms with Gasteiger partial charge in [0.15, 0.2) is 0 Å². The van der Waals surface area contributed by atoms with Crippen LogP contribution in [0.3, 0.4) is 0 Å². The lowest BCUT2D eigenvalue weighted by atomic mass is 10.1. The van der Waals surface area contributed by atoms with Crippen molar-refractivity contribution in [3.05, 3.63) is 47.0 Å². The normalized spacial score (nSPS) is 15.4. The molecule has 1 aliphatic rings. The second kappa shape index (κ2) is 7.65. The van der Waals surface area contributed by atoms with Gasteiger partial charge in [0.05, 0.1) is 11.8 Å². The molecule has 1 aromatic heterocycles. The van der Waals surface area contributed by atoms with Crippen molar-refractivity contribution in [3.8, 4) is 0 Å². The van der Waals surface area contributed by atoms with Crippen molar-refractivity contribution in [1.29, 1.82) is 0 Å². The first kappa shape index (κ1) is 17.4. The molecular formula is C18H23FN4O2. The lowest BCUT2D eigenvalue weighted by Crippen LogP contribution is -2.36. The highest BCUT2D eigenvalue weighted by Gasteiger charge is 2.19. The van der Waals surface area contributed by atoms with Gasteiger partial charge in [0.25, 0.3) is 5.91 Å². The third kappa shape index (κ3) is 4.17. The summed E-state index contributed by atoms with van der Waals surface area (Å²) in [5.74, 6) is -0.596. The van der Waals surface area contributed by atoms with Crippen LogP contribution in [0.15, 0.2) is 24.3 Å². The minimum atomic E-state index is -0.309. The van der Waals surface area contributed by atoms with Gasteiger partial charge in [-0.05, 0) is 43.0 Å². The fraction of sp³-hybridized carbons (Fsp3) is 0.444. The second-order valence-corrected chi connectivity index (χ2v) is 6.32. The van der Waals surface area contributed by atoms with Crippen molar-refractivity contribution in [1.82, 2.24) is 15.5 Å². The first-order valence-corrected chi connectivity index (χ1v) is 8.60. The van der Waals surface area contributed by atoms with Gasteiger partial charge in [0.1, 0.15) is 11.5 Å². The molecule has 1 saturated heterocycles. The van der Waals surface area contributed by atoms with Crippen molar-refractivity contribution >= 4 is 11.6 Å². The Balaban J connectivity index is 1.60. The number of aromatic amines is 1.